The fraction of sp³-hybridized carbons (Fsp3) is 0.500. The molecule has 0 aliphatic carbocycles. The van der Waals surface area contributed by atoms with Crippen molar-refractivity contribution >= 4 is 16.8 Å². The highest BCUT2D eigenvalue weighted by molar-refractivity contribution is 5.84. The molecule has 2 heterocycles. The van der Waals surface area contributed by atoms with Gasteiger partial charge in [-0.2, -0.15) is 0 Å². The SMILES string of the molecule is COc1ccc2[nH]cc(CCNC(=O)CC[C@H]3CCCO3)c2c1. The molecular formula is C18H24N2O3. The second-order valence-electron chi connectivity index (χ2n) is 6.00. The van der Waals surface area contributed by atoms with Gasteiger partial charge in [-0.1, -0.05) is 0 Å². The van der Waals surface area contributed by atoms with E-state index in [4.69, 9.17) is 9.47 Å². The lowest BCUT2D eigenvalue weighted by Crippen LogP contribution is -2.26. The zero-order valence-electron chi connectivity index (χ0n) is 13.6. The number of benzene rings is 1. The van der Waals surface area contributed by atoms with Gasteiger partial charge in [-0.05, 0) is 49.4 Å². The van der Waals surface area contributed by atoms with Crippen molar-refractivity contribution in [2.45, 2.75) is 38.2 Å². The molecule has 1 atom stereocenters. The molecule has 0 bridgehead atoms. The minimum Gasteiger partial charge on any atom is -0.497 e. The van der Waals surface area contributed by atoms with Crippen LogP contribution in [-0.4, -0.2) is 37.3 Å². The fourth-order valence-corrected chi connectivity index (χ4v) is 3.08. The molecule has 0 radical (unpaired) electrons. The van der Waals surface area contributed by atoms with Gasteiger partial charge in [0.1, 0.15) is 5.75 Å². The molecule has 1 amide bonds. The number of carbonyl (C=O) groups is 1. The van der Waals surface area contributed by atoms with Crippen molar-refractivity contribution in [1.82, 2.24) is 10.3 Å². The Labute approximate surface area is 136 Å². The van der Waals surface area contributed by atoms with E-state index in [9.17, 15) is 4.79 Å². The Kier molecular flexibility index (Phi) is 5.18. The Morgan fingerprint density at radius 1 is 1.48 bits per heavy atom. The van der Waals surface area contributed by atoms with E-state index in [1.807, 2.05) is 24.4 Å². The number of H-pyrrole nitrogens is 1. The van der Waals surface area contributed by atoms with Crippen molar-refractivity contribution in [2.24, 2.45) is 0 Å². The third-order valence-corrected chi connectivity index (χ3v) is 4.41. The van der Waals surface area contributed by atoms with Crippen molar-refractivity contribution < 1.29 is 14.3 Å². The maximum absolute atomic E-state index is 11.9. The van der Waals surface area contributed by atoms with E-state index in [1.165, 1.54) is 5.56 Å². The number of carbonyl (C=O) groups excluding carboxylic acids is 1. The summed E-state index contributed by atoms with van der Waals surface area (Å²) in [6.07, 6.45) is 6.67. The molecular weight excluding hydrogens is 292 g/mol. The molecule has 124 valence electrons. The maximum atomic E-state index is 11.9. The van der Waals surface area contributed by atoms with Crippen LogP contribution >= 0.6 is 0 Å². The lowest BCUT2D eigenvalue weighted by Gasteiger charge is -2.09. The molecule has 5 heteroatoms. The summed E-state index contributed by atoms with van der Waals surface area (Å²) in [5.41, 5.74) is 2.28. The Hall–Kier alpha value is -2.01. The monoisotopic (exact) mass is 316 g/mol. The highest BCUT2D eigenvalue weighted by atomic mass is 16.5. The van der Waals surface area contributed by atoms with Crippen LogP contribution in [0.3, 0.4) is 0 Å². The first-order valence-corrected chi connectivity index (χ1v) is 8.28. The van der Waals surface area contributed by atoms with Gasteiger partial charge in [0.05, 0.1) is 13.2 Å². The fourth-order valence-electron chi connectivity index (χ4n) is 3.08. The van der Waals surface area contributed by atoms with Gasteiger partial charge in [-0.15, -0.1) is 0 Å². The van der Waals surface area contributed by atoms with Gasteiger partial charge < -0.3 is 19.8 Å². The van der Waals surface area contributed by atoms with E-state index < -0.39 is 0 Å². The molecule has 0 unspecified atom stereocenters. The number of nitrogens with one attached hydrogen (secondary N) is 2. The lowest BCUT2D eigenvalue weighted by atomic mass is 10.1. The second kappa shape index (κ2) is 7.51. The molecule has 23 heavy (non-hydrogen) atoms. The molecule has 2 N–H and O–H groups in total. The van der Waals surface area contributed by atoms with Gasteiger partial charge in [0, 0.05) is 36.7 Å². The first-order chi connectivity index (χ1) is 11.3. The van der Waals surface area contributed by atoms with Crippen LogP contribution in [-0.2, 0) is 16.0 Å². The lowest BCUT2D eigenvalue weighted by molar-refractivity contribution is -0.121. The Bertz CT molecular complexity index is 659. The zero-order chi connectivity index (χ0) is 16.1. The maximum Gasteiger partial charge on any atom is 0.220 e. The Balaban J connectivity index is 1.47. The predicted molar refractivity (Wildman–Crippen MR) is 89.8 cm³/mol. The summed E-state index contributed by atoms with van der Waals surface area (Å²) in [5, 5.41) is 4.15. The second-order valence-corrected chi connectivity index (χ2v) is 6.00. The number of ether oxygens (including phenoxy) is 2. The van der Waals surface area contributed by atoms with E-state index >= 15 is 0 Å². The normalized spacial score (nSPS) is 17.5. The molecule has 2 aromatic rings. The van der Waals surface area contributed by atoms with Crippen LogP contribution in [0, 0.1) is 0 Å². The minimum absolute atomic E-state index is 0.109. The van der Waals surface area contributed by atoms with E-state index in [0.717, 1.165) is 48.9 Å². The molecule has 0 saturated carbocycles. The van der Waals surface area contributed by atoms with Crippen LogP contribution in [0.5, 0.6) is 5.75 Å². The van der Waals surface area contributed by atoms with Crippen LogP contribution in [0.4, 0.5) is 0 Å². The molecule has 5 nitrogen and oxygen atoms in total. The molecule has 3 rings (SSSR count). The van der Waals surface area contributed by atoms with Gasteiger partial charge in [0.2, 0.25) is 5.91 Å². The summed E-state index contributed by atoms with van der Waals surface area (Å²) in [4.78, 5) is 15.2. The van der Waals surface area contributed by atoms with E-state index in [2.05, 4.69) is 10.3 Å². The third kappa shape index (κ3) is 4.05. The molecule has 1 aromatic carbocycles. The smallest absolute Gasteiger partial charge is 0.220 e. The number of methoxy groups -OCH3 is 1. The van der Waals surface area contributed by atoms with Gasteiger partial charge in [-0.3, -0.25) is 4.79 Å². The number of aromatic amines is 1. The van der Waals surface area contributed by atoms with Crippen molar-refractivity contribution in [1.29, 1.82) is 0 Å². The molecule has 0 spiro atoms. The van der Waals surface area contributed by atoms with E-state index in [-0.39, 0.29) is 12.0 Å². The molecule has 1 aromatic heterocycles. The van der Waals surface area contributed by atoms with E-state index in [1.54, 1.807) is 7.11 Å². The number of hydrogen-bond donors (Lipinski definition) is 2. The van der Waals surface area contributed by atoms with Gasteiger partial charge >= 0.3 is 0 Å². The molecule has 1 aliphatic rings. The van der Waals surface area contributed by atoms with Gasteiger partial charge in [-0.25, -0.2) is 0 Å². The molecule has 1 saturated heterocycles. The summed E-state index contributed by atoms with van der Waals surface area (Å²) in [6, 6.07) is 5.98. The van der Waals surface area contributed by atoms with Crippen LogP contribution in [0.15, 0.2) is 24.4 Å². The Morgan fingerprint density at radius 2 is 2.39 bits per heavy atom. The number of fused-ring (bicyclic) bond motifs is 1. The summed E-state index contributed by atoms with van der Waals surface area (Å²) >= 11 is 0. The van der Waals surface area contributed by atoms with Gasteiger partial charge in [0.15, 0.2) is 0 Å². The van der Waals surface area contributed by atoms with Crippen LogP contribution in [0.1, 0.15) is 31.2 Å². The van der Waals surface area contributed by atoms with Crippen molar-refractivity contribution in [2.75, 3.05) is 20.3 Å². The molecule has 1 aliphatic heterocycles. The predicted octanol–water partition coefficient (Wildman–Crippen LogP) is 2.79. The van der Waals surface area contributed by atoms with Crippen molar-refractivity contribution in [3.05, 3.63) is 30.0 Å². The topological polar surface area (TPSA) is 63.3 Å². The first-order valence-electron chi connectivity index (χ1n) is 8.28. The number of amides is 1. The van der Waals surface area contributed by atoms with Gasteiger partial charge in [0.25, 0.3) is 0 Å². The molecule has 1 fully saturated rings. The first kappa shape index (κ1) is 15.9. The quantitative estimate of drug-likeness (QED) is 0.825. The summed E-state index contributed by atoms with van der Waals surface area (Å²) in [7, 11) is 1.67. The summed E-state index contributed by atoms with van der Waals surface area (Å²) in [5.74, 6) is 0.955. The minimum atomic E-state index is 0.109. The average molecular weight is 316 g/mol. The van der Waals surface area contributed by atoms with E-state index in [0.29, 0.717) is 13.0 Å². The summed E-state index contributed by atoms with van der Waals surface area (Å²) < 4.78 is 10.8. The zero-order valence-corrected chi connectivity index (χ0v) is 13.6. The largest absolute Gasteiger partial charge is 0.497 e. The number of rotatable bonds is 7. The van der Waals surface area contributed by atoms with Crippen LogP contribution < -0.4 is 10.1 Å². The number of aromatic nitrogens is 1. The third-order valence-electron chi connectivity index (χ3n) is 4.41. The highest BCUT2D eigenvalue weighted by Gasteiger charge is 2.16. The highest BCUT2D eigenvalue weighted by Crippen LogP contribution is 2.23. The van der Waals surface area contributed by atoms with Crippen LogP contribution in [0.2, 0.25) is 0 Å². The standard InChI is InChI=1S/C18H24N2O3/c1-22-15-4-6-17-16(11-15)13(12-20-17)8-9-19-18(21)7-5-14-3-2-10-23-14/h4,6,11-12,14,20H,2-3,5,7-10H2,1H3,(H,19,21)/t14-/m1/s1. The summed E-state index contributed by atoms with van der Waals surface area (Å²) in [6.45, 7) is 1.49. The average Bonchev–Trinajstić information content (AvgIpc) is 3.22. The van der Waals surface area contributed by atoms with Crippen molar-refractivity contribution in [3.63, 3.8) is 0 Å². The van der Waals surface area contributed by atoms with Crippen LogP contribution in [0.25, 0.3) is 10.9 Å². The Morgan fingerprint density at radius 3 is 3.17 bits per heavy atom. The number of hydrogen-bond acceptors (Lipinski definition) is 3. The van der Waals surface area contributed by atoms with Crippen molar-refractivity contribution in [3.8, 4) is 5.75 Å².